The van der Waals surface area contributed by atoms with Crippen molar-refractivity contribution in [3.8, 4) is 0 Å². The highest BCUT2D eigenvalue weighted by Crippen LogP contribution is 2.15. The summed E-state index contributed by atoms with van der Waals surface area (Å²) in [5.41, 5.74) is 0. The second-order valence-corrected chi connectivity index (χ2v) is 17.0. The first kappa shape index (κ1) is 57.3. The Balaban J connectivity index is 4.25. The van der Waals surface area contributed by atoms with Crippen molar-refractivity contribution >= 4 is 69.9 Å². The first-order valence-electron chi connectivity index (χ1n) is 23.8. The average molecular weight is 902 g/mol. The number of unbranched alkanes of at least 4 members (excludes halogenated alkanes) is 22. The minimum atomic E-state index is -1.07. The summed E-state index contributed by atoms with van der Waals surface area (Å²) in [7, 11) is 0. The van der Waals surface area contributed by atoms with Crippen molar-refractivity contribution in [2.45, 2.75) is 181 Å². The molecule has 350 valence electrons. The summed E-state index contributed by atoms with van der Waals surface area (Å²) >= 11 is 15.8. The average Bonchev–Trinajstić information content (AvgIpc) is 3.23. The topological polar surface area (TPSA) is 171 Å². The molecule has 60 heavy (non-hydrogen) atoms. The van der Waals surface area contributed by atoms with Gasteiger partial charge in [-0.05, 0) is 49.5 Å². The maximum Gasteiger partial charge on any atom is 0.404 e. The molecule has 0 bridgehead atoms. The predicted octanol–water partition coefficient (Wildman–Crippen LogP) is 7.77. The van der Waals surface area contributed by atoms with Gasteiger partial charge in [0.2, 0.25) is 11.8 Å². The molecule has 0 heterocycles. The fourth-order valence-corrected chi connectivity index (χ4v) is 7.34. The van der Waals surface area contributed by atoms with Crippen LogP contribution in [-0.4, -0.2) is 109 Å². The number of rotatable bonds is 41. The molecule has 0 aromatic heterocycles. The van der Waals surface area contributed by atoms with Crippen LogP contribution in [0.3, 0.4) is 0 Å². The largest absolute Gasteiger partial charge is 0.465 e. The summed E-state index contributed by atoms with van der Waals surface area (Å²) in [5.74, 6) is -0.0212. The summed E-state index contributed by atoms with van der Waals surface area (Å²) in [4.78, 5) is 38.4. The van der Waals surface area contributed by atoms with E-state index in [4.69, 9.17) is 41.8 Å². The van der Waals surface area contributed by atoms with Gasteiger partial charge in [0, 0.05) is 78.3 Å². The zero-order valence-electron chi connectivity index (χ0n) is 37.8. The molecule has 0 unspecified atom stereocenters. The van der Waals surface area contributed by atoms with Crippen LogP contribution in [0.15, 0.2) is 0 Å². The van der Waals surface area contributed by atoms with Crippen molar-refractivity contribution in [1.82, 2.24) is 47.4 Å². The SMILES string of the molecule is CCCCCCCCCCCCCCN(CCCCCCCCCCCCCC)C(=O)CCC(=O)NCCNC(=S)NCCNC(=S)NCCNC(=S)NCCNC(=O)O. The number of thiocarbonyl (C=S) groups is 3. The summed E-state index contributed by atoms with van der Waals surface area (Å²) in [6.07, 6.45) is 30.5. The fourth-order valence-electron chi connectivity index (χ4n) is 6.73. The van der Waals surface area contributed by atoms with Crippen molar-refractivity contribution < 1.29 is 19.5 Å². The molecule has 0 aliphatic rings. The number of nitrogens with one attached hydrogen (secondary N) is 8. The molecule has 0 aromatic rings. The van der Waals surface area contributed by atoms with Crippen LogP contribution < -0.4 is 42.5 Å². The van der Waals surface area contributed by atoms with Crippen molar-refractivity contribution in [3.63, 3.8) is 0 Å². The molecule has 0 aromatic carbocycles. The van der Waals surface area contributed by atoms with E-state index in [1.54, 1.807) is 0 Å². The maximum atomic E-state index is 13.3. The molecular weight excluding hydrogens is 815 g/mol. The highest BCUT2D eigenvalue weighted by atomic mass is 32.1. The first-order chi connectivity index (χ1) is 29.2. The minimum absolute atomic E-state index is 0.0980. The summed E-state index contributed by atoms with van der Waals surface area (Å²) in [6.45, 7) is 9.86. The first-order valence-corrected chi connectivity index (χ1v) is 25.0. The summed E-state index contributed by atoms with van der Waals surface area (Å²) in [5, 5.41) is 33.4. The second kappa shape index (κ2) is 44.3. The quantitative estimate of drug-likeness (QED) is 0.0216. The Morgan fingerprint density at radius 1 is 0.383 bits per heavy atom. The lowest BCUT2D eigenvalue weighted by Crippen LogP contribution is -2.46. The van der Waals surface area contributed by atoms with Crippen LogP contribution in [0, 0.1) is 0 Å². The molecular formula is C44H87N9O4S3. The summed E-state index contributed by atoms with van der Waals surface area (Å²) in [6, 6.07) is 0. The molecule has 0 atom stereocenters. The number of nitrogens with zero attached hydrogens (tertiary/aromatic N) is 1. The molecule has 0 saturated heterocycles. The lowest BCUT2D eigenvalue weighted by Gasteiger charge is -2.23. The van der Waals surface area contributed by atoms with E-state index in [2.05, 4.69) is 56.4 Å². The number of amides is 3. The molecule has 0 rings (SSSR count). The van der Waals surface area contributed by atoms with Crippen molar-refractivity contribution in [3.05, 3.63) is 0 Å². The van der Waals surface area contributed by atoms with Gasteiger partial charge in [0.05, 0.1) is 0 Å². The van der Waals surface area contributed by atoms with Crippen LogP contribution in [0.25, 0.3) is 0 Å². The van der Waals surface area contributed by atoms with Gasteiger partial charge in [-0.25, -0.2) is 4.79 Å². The van der Waals surface area contributed by atoms with Crippen molar-refractivity contribution in [2.24, 2.45) is 0 Å². The molecule has 9 N–H and O–H groups in total. The standard InChI is InChI=1S/C44H87N9O4S3/c1-3-5-7-9-11-13-15-17-19-21-23-25-37-53(38-26-24-22-20-18-16-14-12-10-8-6-4-2)40(55)28-27-39(54)45-29-30-46-41(58)47-31-32-48-42(59)49-33-34-50-43(60)51-35-36-52-44(56)57/h52H,3-38H2,1-2H3,(H,45,54)(H,56,57)(H2,46,47,58)(H2,48,49,59)(H2,50,51,60). The lowest BCUT2D eigenvalue weighted by atomic mass is 10.0. The maximum absolute atomic E-state index is 13.3. The number of carbonyl (C=O) groups excluding carboxylic acids is 2. The fraction of sp³-hybridized carbons (Fsp3) is 0.864. The second-order valence-electron chi connectivity index (χ2n) is 15.8. The summed E-state index contributed by atoms with van der Waals surface area (Å²) < 4.78 is 0. The number of hydrogen-bond acceptors (Lipinski definition) is 6. The van der Waals surface area contributed by atoms with E-state index in [9.17, 15) is 14.4 Å². The van der Waals surface area contributed by atoms with E-state index in [1.165, 1.54) is 128 Å². The molecule has 0 spiro atoms. The third-order valence-electron chi connectivity index (χ3n) is 10.3. The Kier molecular flexibility index (Phi) is 42.3. The normalized spacial score (nSPS) is 10.7. The van der Waals surface area contributed by atoms with Crippen LogP contribution in [0.5, 0.6) is 0 Å². The van der Waals surface area contributed by atoms with Crippen LogP contribution in [0.4, 0.5) is 4.79 Å². The zero-order chi connectivity index (χ0) is 44.2. The monoisotopic (exact) mass is 902 g/mol. The van der Waals surface area contributed by atoms with Crippen LogP contribution in [0.1, 0.15) is 181 Å². The molecule has 0 aliphatic carbocycles. The van der Waals surface area contributed by atoms with Crippen LogP contribution in [0.2, 0.25) is 0 Å². The highest BCUT2D eigenvalue weighted by molar-refractivity contribution is 7.80. The highest BCUT2D eigenvalue weighted by Gasteiger charge is 2.15. The van der Waals surface area contributed by atoms with Crippen molar-refractivity contribution in [2.75, 3.05) is 65.4 Å². The van der Waals surface area contributed by atoms with Gasteiger partial charge >= 0.3 is 6.09 Å². The van der Waals surface area contributed by atoms with Gasteiger partial charge in [-0.1, -0.05) is 155 Å². The van der Waals surface area contributed by atoms with Gasteiger partial charge < -0.3 is 52.5 Å². The molecule has 0 radical (unpaired) electrons. The van der Waals surface area contributed by atoms with E-state index in [-0.39, 0.29) is 31.2 Å². The van der Waals surface area contributed by atoms with E-state index in [0.29, 0.717) is 61.2 Å². The number of hydrogen-bond donors (Lipinski definition) is 9. The molecule has 13 nitrogen and oxygen atoms in total. The number of carbonyl (C=O) groups is 3. The van der Waals surface area contributed by atoms with Gasteiger partial charge in [0.25, 0.3) is 0 Å². The lowest BCUT2D eigenvalue weighted by molar-refractivity contribution is -0.133. The third-order valence-corrected chi connectivity index (χ3v) is 11.2. The third kappa shape index (κ3) is 42.0. The molecule has 0 fully saturated rings. The molecule has 16 heteroatoms. The van der Waals surface area contributed by atoms with Crippen LogP contribution >= 0.6 is 36.7 Å². The molecule has 0 saturated carbocycles. The van der Waals surface area contributed by atoms with Gasteiger partial charge in [0.15, 0.2) is 15.3 Å². The van der Waals surface area contributed by atoms with E-state index < -0.39 is 6.09 Å². The Bertz CT molecular complexity index is 1080. The minimum Gasteiger partial charge on any atom is -0.465 e. The predicted molar refractivity (Wildman–Crippen MR) is 263 cm³/mol. The Morgan fingerprint density at radius 2 is 0.650 bits per heavy atom. The molecule has 3 amide bonds. The van der Waals surface area contributed by atoms with E-state index >= 15 is 0 Å². The van der Waals surface area contributed by atoms with Gasteiger partial charge in [0.1, 0.15) is 0 Å². The van der Waals surface area contributed by atoms with Crippen molar-refractivity contribution in [1.29, 1.82) is 0 Å². The Morgan fingerprint density at radius 3 is 0.950 bits per heavy atom. The smallest absolute Gasteiger partial charge is 0.404 e. The van der Waals surface area contributed by atoms with Crippen LogP contribution in [-0.2, 0) is 9.59 Å². The van der Waals surface area contributed by atoms with Gasteiger partial charge in [-0.3, -0.25) is 9.59 Å². The zero-order valence-corrected chi connectivity index (χ0v) is 40.2. The van der Waals surface area contributed by atoms with E-state index in [0.717, 1.165) is 38.8 Å². The van der Waals surface area contributed by atoms with Gasteiger partial charge in [-0.15, -0.1) is 0 Å². The Labute approximate surface area is 381 Å². The number of carboxylic acid groups (broad SMARTS) is 1. The van der Waals surface area contributed by atoms with E-state index in [1.807, 2.05) is 4.90 Å². The molecule has 0 aliphatic heterocycles. The Hall–Kier alpha value is -2.72. The van der Waals surface area contributed by atoms with Gasteiger partial charge in [-0.2, -0.15) is 0 Å².